The first-order valence-electron chi connectivity index (χ1n) is 1.47. The van der Waals surface area contributed by atoms with Crippen LogP contribution in [0.15, 0.2) is 18.2 Å². The summed E-state index contributed by atoms with van der Waals surface area (Å²) < 4.78 is 2.80. The van der Waals surface area contributed by atoms with E-state index in [0.29, 0.717) is 0 Å². The van der Waals surface area contributed by atoms with E-state index in [9.17, 15) is 0 Å². The zero-order valence-electron chi connectivity index (χ0n) is 3.16. The Bertz CT molecular complexity index is 95.0. The third-order valence-electron chi connectivity index (χ3n) is 0.266. The molecule has 0 fully saturated rings. The van der Waals surface area contributed by atoms with Gasteiger partial charge in [-0.2, -0.15) is 0 Å². The van der Waals surface area contributed by atoms with Crippen LogP contribution in [-0.4, -0.2) is 0 Å². The van der Waals surface area contributed by atoms with Crippen molar-refractivity contribution in [3.05, 3.63) is 24.8 Å². The van der Waals surface area contributed by atoms with Crippen molar-refractivity contribution in [2.75, 3.05) is 0 Å². The molecule has 0 spiro atoms. The van der Waals surface area contributed by atoms with Gasteiger partial charge < -0.3 is 0 Å². The molecule has 0 atom stereocenters. The Morgan fingerprint density at radius 3 is 2.50 bits per heavy atom. The molecule has 0 aliphatic carbocycles. The topological polar surface area (TPSA) is 0 Å². The number of rotatable bonds is 1. The van der Waals surface area contributed by atoms with Crippen molar-refractivity contribution in [1.82, 2.24) is 0 Å². The summed E-state index contributed by atoms with van der Waals surface area (Å²) in [6.07, 6.45) is 4.96. The molecule has 0 radical (unpaired) electrons. The molecule has 0 rings (SSSR count). The van der Waals surface area contributed by atoms with Gasteiger partial charge in [-0.15, -0.1) is 0 Å². The molecule has 0 saturated heterocycles. The van der Waals surface area contributed by atoms with E-state index in [1.54, 1.807) is 30.1 Å². The minimum absolute atomic E-state index is 1.47. The molecule has 0 amide bonds. The molecular formula is C5H4Os-. The molecule has 0 aromatic heterocycles. The predicted octanol–water partition coefficient (Wildman–Crippen LogP) is 1.04. The van der Waals surface area contributed by atoms with E-state index < -0.39 is 0 Å². The van der Waals surface area contributed by atoms with Crippen molar-refractivity contribution in [2.24, 2.45) is 0 Å². The van der Waals surface area contributed by atoms with Crippen LogP contribution in [0.4, 0.5) is 0 Å². The first-order valence-corrected chi connectivity index (χ1v) is 2.74. The van der Waals surface area contributed by atoms with Gasteiger partial charge in [-0.1, -0.05) is 0 Å². The third-order valence-corrected chi connectivity index (χ3v) is 0.690. The van der Waals surface area contributed by atoms with E-state index in [-0.39, 0.29) is 0 Å². The summed E-state index contributed by atoms with van der Waals surface area (Å²) in [5.74, 6) is 0. The monoisotopic (exact) mass is 256 g/mol. The van der Waals surface area contributed by atoms with Crippen LogP contribution in [-0.2, 0) is 17.9 Å². The van der Waals surface area contributed by atoms with Crippen LogP contribution in [0, 0.1) is 11.0 Å². The average molecular weight is 254 g/mol. The summed E-state index contributed by atoms with van der Waals surface area (Å²) in [5, 5.41) is 0. The summed E-state index contributed by atoms with van der Waals surface area (Å²) in [4.78, 5) is 0. The van der Waals surface area contributed by atoms with Crippen LogP contribution >= 0.6 is 0 Å². The van der Waals surface area contributed by atoms with Gasteiger partial charge in [0.15, 0.2) is 0 Å². The summed E-state index contributed by atoms with van der Waals surface area (Å²) >= 11 is 1.65. The Balaban J connectivity index is 3.26. The number of allylic oxidation sites excluding steroid dienone is 3. The number of hydrogen-bond donors (Lipinski definition) is 0. The summed E-state index contributed by atoms with van der Waals surface area (Å²) in [7, 11) is 0. The quantitative estimate of drug-likeness (QED) is 0.484. The molecule has 0 bridgehead atoms. The summed E-state index contributed by atoms with van der Waals surface area (Å²) in [5.41, 5.74) is 0. The number of hydrogen-bond acceptors (Lipinski definition) is 0. The van der Waals surface area contributed by atoms with Gasteiger partial charge in [0.25, 0.3) is 0 Å². The van der Waals surface area contributed by atoms with Crippen molar-refractivity contribution < 1.29 is 17.9 Å². The van der Waals surface area contributed by atoms with E-state index in [1.807, 2.05) is 0 Å². The van der Waals surface area contributed by atoms with Gasteiger partial charge in [-0.3, -0.25) is 0 Å². The predicted molar refractivity (Wildman–Crippen MR) is 21.9 cm³/mol. The maximum absolute atomic E-state index is 4.97. The van der Waals surface area contributed by atoms with Crippen LogP contribution in [0.25, 0.3) is 0 Å². The van der Waals surface area contributed by atoms with E-state index in [4.69, 9.17) is 6.58 Å². The molecule has 0 N–H and O–H groups in total. The molecule has 0 aliphatic rings. The molecule has 0 saturated carbocycles. The van der Waals surface area contributed by atoms with Crippen LogP contribution in [0.1, 0.15) is 0 Å². The van der Waals surface area contributed by atoms with Gasteiger partial charge >= 0.3 is 47.1 Å². The van der Waals surface area contributed by atoms with Crippen molar-refractivity contribution >= 4 is 0 Å². The Kier molecular flexibility index (Phi) is 4.81. The van der Waals surface area contributed by atoms with Crippen molar-refractivity contribution in [3.63, 3.8) is 0 Å². The molecule has 0 nitrogen and oxygen atoms in total. The Morgan fingerprint density at radius 1 is 1.67 bits per heavy atom. The third kappa shape index (κ3) is 3.90. The molecule has 0 heterocycles. The molecule has 6 heavy (non-hydrogen) atoms. The standard InChI is InChI=1S/C5H4.Os/c1-3-5-4-2;/h1,3-5H;/q-1;/b5-4-;. The molecular weight excluding hydrogens is 250 g/mol. The SMILES string of the molecule is [CH-]=C/C=C\[C]#[Os]. The van der Waals surface area contributed by atoms with Gasteiger partial charge in [0, 0.05) is 0 Å². The second-order valence-corrected chi connectivity index (χ2v) is 1.39. The first-order chi connectivity index (χ1) is 2.91. The fourth-order valence-corrected chi connectivity index (χ4v) is 0.334. The molecule has 1 heteroatoms. The zero-order valence-corrected chi connectivity index (χ0v) is 5.70. The van der Waals surface area contributed by atoms with Crippen LogP contribution in [0.5, 0.6) is 0 Å². The normalized spacial score (nSPS) is 8.00. The van der Waals surface area contributed by atoms with E-state index in [2.05, 4.69) is 4.37 Å². The summed E-state index contributed by atoms with van der Waals surface area (Å²) in [6.45, 7) is 4.97. The molecule has 0 unspecified atom stereocenters. The fraction of sp³-hybridized carbons (Fsp3) is 0. The van der Waals surface area contributed by atoms with Crippen LogP contribution < -0.4 is 0 Å². The Hall–Kier alpha value is -0.104. The fourth-order valence-electron chi connectivity index (χ4n) is 0.0896. The second kappa shape index (κ2) is 4.90. The van der Waals surface area contributed by atoms with E-state index in [0.717, 1.165) is 0 Å². The van der Waals surface area contributed by atoms with Gasteiger partial charge in [0.05, 0.1) is 0 Å². The van der Waals surface area contributed by atoms with Crippen LogP contribution in [0.3, 0.4) is 0 Å². The molecule has 0 aliphatic heterocycles. The second-order valence-electron chi connectivity index (χ2n) is 0.654. The van der Waals surface area contributed by atoms with Gasteiger partial charge in [0.2, 0.25) is 0 Å². The molecule has 33 valence electrons. The average Bonchev–Trinajstić information content (AvgIpc) is 1.61. The Labute approximate surface area is 47.6 Å². The summed E-state index contributed by atoms with van der Waals surface area (Å²) in [6, 6.07) is 0. The Morgan fingerprint density at radius 2 is 2.33 bits per heavy atom. The van der Waals surface area contributed by atoms with Crippen LogP contribution in [0.2, 0.25) is 0 Å². The zero-order chi connectivity index (χ0) is 4.83. The van der Waals surface area contributed by atoms with Gasteiger partial charge in [-0.05, 0) is 0 Å². The van der Waals surface area contributed by atoms with Crippen molar-refractivity contribution in [3.8, 4) is 4.37 Å². The van der Waals surface area contributed by atoms with E-state index in [1.165, 1.54) is 6.08 Å². The van der Waals surface area contributed by atoms with E-state index >= 15 is 0 Å². The van der Waals surface area contributed by atoms with Crippen molar-refractivity contribution in [2.45, 2.75) is 0 Å². The molecule has 0 aromatic carbocycles. The minimum atomic E-state index is 1.47. The van der Waals surface area contributed by atoms with Gasteiger partial charge in [0.1, 0.15) is 0 Å². The molecule has 0 aromatic rings. The maximum atomic E-state index is 4.97. The van der Waals surface area contributed by atoms with Crippen molar-refractivity contribution in [1.29, 1.82) is 0 Å². The first kappa shape index (κ1) is 5.90. The van der Waals surface area contributed by atoms with Gasteiger partial charge in [-0.25, -0.2) is 0 Å².